The molecule has 10 heteroatoms. The van der Waals surface area contributed by atoms with Crippen molar-refractivity contribution in [1.29, 1.82) is 0 Å². The van der Waals surface area contributed by atoms with Gasteiger partial charge in [-0.2, -0.15) is 4.98 Å². The quantitative estimate of drug-likeness (QED) is 0.398. The van der Waals surface area contributed by atoms with Gasteiger partial charge < -0.3 is 30.8 Å². The topological polar surface area (TPSA) is 160 Å². The average molecular weight is 283 g/mol. The molecule has 4 atom stereocenters. The van der Waals surface area contributed by atoms with E-state index in [1.807, 2.05) is 0 Å². The Morgan fingerprint density at radius 2 is 2.20 bits per heavy atom. The smallest absolute Gasteiger partial charge is 0.353 e. The summed E-state index contributed by atoms with van der Waals surface area (Å²) in [4.78, 5) is 22.2. The molecular formula is C10H13N5O5. The van der Waals surface area contributed by atoms with Crippen LogP contribution in [-0.2, 0) is 4.74 Å². The van der Waals surface area contributed by atoms with Gasteiger partial charge in [-0.05, 0) is 0 Å². The second-order valence-electron chi connectivity index (χ2n) is 4.48. The number of aromatic nitrogens is 4. The van der Waals surface area contributed by atoms with Crippen molar-refractivity contribution in [3.05, 3.63) is 16.8 Å². The van der Waals surface area contributed by atoms with Crippen LogP contribution in [0.15, 0.2) is 11.1 Å². The Kier molecular flexibility index (Phi) is 2.94. The molecule has 1 unspecified atom stereocenters. The van der Waals surface area contributed by atoms with Crippen LogP contribution in [0.1, 0.15) is 6.23 Å². The normalized spacial score (nSPS) is 30.1. The van der Waals surface area contributed by atoms with E-state index in [2.05, 4.69) is 15.0 Å². The summed E-state index contributed by atoms with van der Waals surface area (Å²) in [7, 11) is 0. The Bertz CT molecular complexity index is 697. The SMILES string of the molecule is Nc1nc(=O)n(C2O[C@H](CO)[C@@H](O)[C@H]2O)c2nc[nH]c12. The first-order valence-corrected chi connectivity index (χ1v) is 5.88. The first-order chi connectivity index (χ1) is 9.54. The molecule has 20 heavy (non-hydrogen) atoms. The summed E-state index contributed by atoms with van der Waals surface area (Å²) in [5.41, 5.74) is 5.30. The number of nitrogens with one attached hydrogen (secondary N) is 1. The molecule has 0 radical (unpaired) electrons. The molecule has 0 aromatic carbocycles. The maximum atomic E-state index is 12.0. The Hall–Kier alpha value is -2.01. The molecule has 1 saturated heterocycles. The van der Waals surface area contributed by atoms with Gasteiger partial charge in [-0.1, -0.05) is 0 Å². The Morgan fingerprint density at radius 3 is 2.85 bits per heavy atom. The number of nitrogens with zero attached hydrogens (tertiary/aromatic N) is 3. The monoisotopic (exact) mass is 283 g/mol. The minimum atomic E-state index is -1.39. The van der Waals surface area contributed by atoms with E-state index < -0.39 is 36.8 Å². The van der Waals surface area contributed by atoms with E-state index >= 15 is 0 Å². The van der Waals surface area contributed by atoms with Gasteiger partial charge in [-0.15, -0.1) is 0 Å². The second kappa shape index (κ2) is 4.52. The minimum Gasteiger partial charge on any atom is -0.394 e. The van der Waals surface area contributed by atoms with Gasteiger partial charge in [-0.25, -0.2) is 14.3 Å². The van der Waals surface area contributed by atoms with Gasteiger partial charge in [0.1, 0.15) is 23.8 Å². The van der Waals surface area contributed by atoms with Gasteiger partial charge in [-0.3, -0.25) is 0 Å². The number of nitrogens with two attached hydrogens (primary N) is 1. The van der Waals surface area contributed by atoms with Crippen LogP contribution < -0.4 is 11.4 Å². The number of rotatable bonds is 2. The summed E-state index contributed by atoms with van der Waals surface area (Å²) in [6, 6.07) is 0. The highest BCUT2D eigenvalue weighted by molar-refractivity contribution is 5.81. The molecule has 0 amide bonds. The van der Waals surface area contributed by atoms with Crippen LogP contribution in [0.5, 0.6) is 0 Å². The zero-order valence-electron chi connectivity index (χ0n) is 10.2. The standard InChI is InChI=1S/C10H13N5O5/c11-7-4-8(13-2-12-4)15(10(19)14-7)9-6(18)5(17)3(1-16)20-9/h2-3,5-6,9,16-18H,1H2,(H,12,13)(H2,11,14,19)/t3-,5-,6-,9?/m1/s1. The molecule has 108 valence electrons. The summed E-state index contributed by atoms with van der Waals surface area (Å²) in [5.74, 6) is -0.0227. The average Bonchev–Trinajstić information content (AvgIpc) is 2.99. The molecular weight excluding hydrogens is 270 g/mol. The molecule has 0 aliphatic carbocycles. The number of hydrogen-bond acceptors (Lipinski definition) is 8. The number of aliphatic hydroxyl groups is 3. The second-order valence-corrected chi connectivity index (χ2v) is 4.48. The minimum absolute atomic E-state index is 0.0227. The molecule has 0 saturated carbocycles. The highest BCUT2D eigenvalue weighted by Crippen LogP contribution is 2.30. The summed E-state index contributed by atoms with van der Waals surface area (Å²) in [6.07, 6.45) is -3.58. The molecule has 10 nitrogen and oxygen atoms in total. The maximum absolute atomic E-state index is 12.0. The lowest BCUT2D eigenvalue weighted by atomic mass is 10.1. The first-order valence-electron chi connectivity index (χ1n) is 5.88. The molecule has 3 rings (SSSR count). The molecule has 3 heterocycles. The van der Waals surface area contributed by atoms with Crippen LogP contribution in [0.4, 0.5) is 5.82 Å². The van der Waals surface area contributed by atoms with E-state index in [1.54, 1.807) is 0 Å². The molecule has 1 fully saturated rings. The maximum Gasteiger partial charge on any atom is 0.353 e. The third kappa shape index (κ3) is 1.70. The van der Waals surface area contributed by atoms with E-state index in [9.17, 15) is 15.0 Å². The molecule has 1 aliphatic rings. The first kappa shape index (κ1) is 13.0. The third-order valence-electron chi connectivity index (χ3n) is 3.30. The molecule has 2 aromatic rings. The number of ether oxygens (including phenoxy) is 1. The Labute approximate surface area is 111 Å². The van der Waals surface area contributed by atoms with Crippen LogP contribution >= 0.6 is 0 Å². The van der Waals surface area contributed by atoms with Crippen molar-refractivity contribution in [3.63, 3.8) is 0 Å². The van der Waals surface area contributed by atoms with Crippen molar-refractivity contribution in [3.8, 4) is 0 Å². The fourth-order valence-corrected chi connectivity index (χ4v) is 2.28. The molecule has 0 bridgehead atoms. The van der Waals surface area contributed by atoms with Gasteiger partial charge in [0.15, 0.2) is 17.7 Å². The van der Waals surface area contributed by atoms with Gasteiger partial charge >= 0.3 is 5.69 Å². The number of nitrogen functional groups attached to an aromatic ring is 1. The Morgan fingerprint density at radius 1 is 1.45 bits per heavy atom. The van der Waals surface area contributed by atoms with Crippen LogP contribution in [0.3, 0.4) is 0 Å². The van der Waals surface area contributed by atoms with Crippen molar-refractivity contribution in [1.82, 2.24) is 19.5 Å². The highest BCUT2D eigenvalue weighted by Gasteiger charge is 2.44. The zero-order chi connectivity index (χ0) is 14.4. The fourth-order valence-electron chi connectivity index (χ4n) is 2.28. The van der Waals surface area contributed by atoms with Gasteiger partial charge in [0.2, 0.25) is 0 Å². The van der Waals surface area contributed by atoms with E-state index in [-0.39, 0.29) is 11.5 Å². The molecule has 0 spiro atoms. The van der Waals surface area contributed by atoms with Crippen molar-refractivity contribution >= 4 is 17.0 Å². The van der Waals surface area contributed by atoms with Crippen LogP contribution in [0, 0.1) is 0 Å². The van der Waals surface area contributed by atoms with Crippen molar-refractivity contribution in [2.45, 2.75) is 24.5 Å². The third-order valence-corrected chi connectivity index (χ3v) is 3.30. The zero-order valence-corrected chi connectivity index (χ0v) is 10.2. The van der Waals surface area contributed by atoms with E-state index in [4.69, 9.17) is 15.6 Å². The molecule has 1 aliphatic heterocycles. The van der Waals surface area contributed by atoms with Crippen LogP contribution in [0.25, 0.3) is 11.2 Å². The fraction of sp³-hybridized carbons (Fsp3) is 0.500. The predicted octanol–water partition coefficient (Wildman–Crippen LogP) is -2.69. The summed E-state index contributed by atoms with van der Waals surface area (Å²) in [5, 5.41) is 28.8. The van der Waals surface area contributed by atoms with E-state index in [0.29, 0.717) is 5.52 Å². The number of hydrogen-bond donors (Lipinski definition) is 5. The number of H-pyrrole nitrogens is 1. The lowest BCUT2D eigenvalue weighted by Gasteiger charge is -2.17. The van der Waals surface area contributed by atoms with Crippen molar-refractivity contribution < 1.29 is 20.1 Å². The van der Waals surface area contributed by atoms with Gasteiger partial charge in [0, 0.05) is 0 Å². The summed E-state index contributed by atoms with van der Waals surface area (Å²) < 4.78 is 6.29. The Balaban J connectivity index is 2.16. The predicted molar refractivity (Wildman–Crippen MR) is 65.6 cm³/mol. The summed E-state index contributed by atoms with van der Waals surface area (Å²) in [6.45, 7) is -0.490. The van der Waals surface area contributed by atoms with Crippen LogP contribution in [0.2, 0.25) is 0 Å². The van der Waals surface area contributed by atoms with Crippen molar-refractivity contribution in [2.24, 2.45) is 0 Å². The largest absolute Gasteiger partial charge is 0.394 e. The van der Waals surface area contributed by atoms with Crippen LogP contribution in [-0.4, -0.2) is 59.8 Å². The van der Waals surface area contributed by atoms with E-state index in [1.165, 1.54) is 6.33 Å². The number of aromatic amines is 1. The van der Waals surface area contributed by atoms with Gasteiger partial charge in [0.25, 0.3) is 0 Å². The summed E-state index contributed by atoms with van der Waals surface area (Å²) >= 11 is 0. The molecule has 2 aromatic heterocycles. The van der Waals surface area contributed by atoms with E-state index in [0.717, 1.165) is 4.57 Å². The number of fused-ring (bicyclic) bond motifs is 1. The number of anilines is 1. The number of aliphatic hydroxyl groups excluding tert-OH is 3. The lowest BCUT2D eigenvalue weighted by Crippen LogP contribution is -2.36. The van der Waals surface area contributed by atoms with Gasteiger partial charge in [0.05, 0.1) is 12.9 Å². The molecule has 6 N–H and O–H groups in total. The lowest BCUT2D eigenvalue weighted by molar-refractivity contribution is -0.0529. The number of imidazole rings is 1. The highest BCUT2D eigenvalue weighted by atomic mass is 16.6. The van der Waals surface area contributed by atoms with Crippen molar-refractivity contribution in [2.75, 3.05) is 12.3 Å².